The Labute approximate surface area is 148 Å². The molecule has 0 bridgehead atoms. The number of oxazole rings is 1. The van der Waals surface area contributed by atoms with Gasteiger partial charge in [0.2, 0.25) is 0 Å². The third kappa shape index (κ3) is 3.32. The molecule has 0 aliphatic heterocycles. The molecule has 0 N–H and O–H groups in total. The number of fused-ring (bicyclic) bond motifs is 1. The van der Waals surface area contributed by atoms with E-state index in [4.69, 9.17) is 16.0 Å². The van der Waals surface area contributed by atoms with Gasteiger partial charge in [-0.25, -0.2) is 9.97 Å². The van der Waals surface area contributed by atoms with Crippen molar-refractivity contribution in [3.05, 3.63) is 77.3 Å². The van der Waals surface area contributed by atoms with Gasteiger partial charge < -0.3 is 8.98 Å². The summed E-state index contributed by atoms with van der Waals surface area (Å²) in [7, 11) is 0. The molecule has 2 heterocycles. The molecular weight excluding hydrogens is 342 g/mol. The van der Waals surface area contributed by atoms with Gasteiger partial charge in [-0.05, 0) is 17.7 Å². The van der Waals surface area contributed by atoms with Crippen molar-refractivity contribution in [2.45, 2.75) is 17.5 Å². The maximum Gasteiger partial charge on any atom is 0.257 e. The summed E-state index contributed by atoms with van der Waals surface area (Å²) >= 11 is 7.51. The van der Waals surface area contributed by atoms with E-state index in [1.165, 1.54) is 17.3 Å². The van der Waals surface area contributed by atoms with Gasteiger partial charge in [-0.1, -0.05) is 53.7 Å². The topological polar surface area (TPSA) is 43.9 Å². The lowest BCUT2D eigenvalue weighted by molar-refractivity contribution is 0.489. The number of thioether (sulfide) groups is 1. The minimum absolute atomic E-state index is 0.626. The van der Waals surface area contributed by atoms with Crippen LogP contribution in [-0.2, 0) is 12.3 Å². The van der Waals surface area contributed by atoms with Crippen LogP contribution < -0.4 is 0 Å². The van der Waals surface area contributed by atoms with E-state index in [9.17, 15) is 0 Å². The van der Waals surface area contributed by atoms with Crippen molar-refractivity contribution in [3.63, 3.8) is 0 Å². The summed E-state index contributed by atoms with van der Waals surface area (Å²) in [6.07, 6.45) is 3.82. The number of halogens is 1. The van der Waals surface area contributed by atoms with Crippen LogP contribution in [0.4, 0.5) is 0 Å². The van der Waals surface area contributed by atoms with E-state index in [2.05, 4.69) is 26.7 Å². The van der Waals surface area contributed by atoms with E-state index < -0.39 is 0 Å². The van der Waals surface area contributed by atoms with Crippen molar-refractivity contribution in [3.8, 4) is 0 Å². The number of hydrogen-bond acceptors (Lipinski definition) is 4. The highest BCUT2D eigenvalue weighted by molar-refractivity contribution is 7.98. The molecule has 0 fully saturated rings. The molecule has 120 valence electrons. The van der Waals surface area contributed by atoms with Gasteiger partial charge in [0.25, 0.3) is 5.22 Å². The highest BCUT2D eigenvalue weighted by atomic mass is 35.5. The molecule has 4 rings (SSSR count). The molecule has 6 heteroatoms. The fourth-order valence-electron chi connectivity index (χ4n) is 2.47. The predicted octanol–water partition coefficient (Wildman–Crippen LogP) is 5.02. The zero-order valence-electron chi connectivity index (χ0n) is 12.7. The summed E-state index contributed by atoms with van der Waals surface area (Å²) in [4.78, 5) is 8.91. The second-order valence-corrected chi connectivity index (χ2v) is 6.70. The molecule has 0 aliphatic carbocycles. The Bertz CT molecular complexity index is 965. The van der Waals surface area contributed by atoms with Gasteiger partial charge in [0, 0.05) is 30.0 Å². The molecule has 0 spiro atoms. The Hall–Kier alpha value is -2.24. The Balaban J connectivity index is 1.48. The van der Waals surface area contributed by atoms with Gasteiger partial charge in [0.1, 0.15) is 11.3 Å². The van der Waals surface area contributed by atoms with Crippen LogP contribution in [0.1, 0.15) is 11.4 Å². The monoisotopic (exact) mass is 355 g/mol. The summed E-state index contributed by atoms with van der Waals surface area (Å²) in [6, 6.07) is 15.8. The summed E-state index contributed by atoms with van der Waals surface area (Å²) in [5.41, 5.74) is 2.77. The number of hydrogen-bond donors (Lipinski definition) is 0. The maximum atomic E-state index is 5.98. The second-order valence-electron chi connectivity index (χ2n) is 5.34. The smallest absolute Gasteiger partial charge is 0.257 e. The first-order valence-corrected chi connectivity index (χ1v) is 8.87. The molecule has 4 nitrogen and oxygen atoms in total. The molecule has 0 saturated heterocycles. The lowest BCUT2D eigenvalue weighted by atomic mass is 10.2. The van der Waals surface area contributed by atoms with Crippen LogP contribution in [0.15, 0.2) is 70.6 Å². The Morgan fingerprint density at radius 1 is 1.12 bits per heavy atom. The van der Waals surface area contributed by atoms with Crippen molar-refractivity contribution >= 4 is 34.5 Å². The van der Waals surface area contributed by atoms with Crippen molar-refractivity contribution in [1.82, 2.24) is 14.5 Å². The van der Waals surface area contributed by atoms with Crippen molar-refractivity contribution in [1.29, 1.82) is 0 Å². The lowest BCUT2D eigenvalue weighted by Crippen LogP contribution is -2.03. The number of benzene rings is 2. The van der Waals surface area contributed by atoms with Crippen LogP contribution >= 0.6 is 23.4 Å². The third-order valence-electron chi connectivity index (χ3n) is 3.65. The summed E-state index contributed by atoms with van der Waals surface area (Å²) in [5.74, 6) is 1.68. The fourth-order valence-corrected chi connectivity index (χ4v) is 3.44. The third-order valence-corrected chi connectivity index (χ3v) is 4.71. The largest absolute Gasteiger partial charge is 0.431 e. The molecule has 0 saturated carbocycles. The summed E-state index contributed by atoms with van der Waals surface area (Å²) in [5, 5.41) is 1.27. The second kappa shape index (κ2) is 6.71. The van der Waals surface area contributed by atoms with Crippen LogP contribution in [0.25, 0.3) is 11.1 Å². The summed E-state index contributed by atoms with van der Waals surface area (Å²) in [6.45, 7) is 0.805. The number of rotatable bonds is 5. The standard InChI is InChI=1S/C18H14ClN3OS/c19-14-6-7-15-16(10-14)23-18(21-15)24-12-17-20-8-9-22(17)11-13-4-2-1-3-5-13/h1-10H,11-12H2. The maximum absolute atomic E-state index is 5.98. The van der Waals surface area contributed by atoms with E-state index in [0.29, 0.717) is 21.6 Å². The number of imidazole rings is 1. The highest BCUT2D eigenvalue weighted by Gasteiger charge is 2.10. The van der Waals surface area contributed by atoms with Crippen molar-refractivity contribution in [2.24, 2.45) is 0 Å². The average molecular weight is 356 g/mol. The number of nitrogens with zero attached hydrogens (tertiary/aromatic N) is 3. The molecule has 0 amide bonds. The zero-order chi connectivity index (χ0) is 16.4. The molecule has 2 aromatic heterocycles. The van der Waals surface area contributed by atoms with Gasteiger partial charge >= 0.3 is 0 Å². The van der Waals surface area contributed by atoms with Gasteiger partial charge in [-0.15, -0.1) is 0 Å². The lowest BCUT2D eigenvalue weighted by Gasteiger charge is -2.06. The first-order valence-electron chi connectivity index (χ1n) is 7.51. The molecule has 0 unspecified atom stereocenters. The van der Waals surface area contributed by atoms with Crippen LogP contribution in [-0.4, -0.2) is 14.5 Å². The van der Waals surface area contributed by atoms with Gasteiger partial charge in [0.15, 0.2) is 5.58 Å². The Kier molecular flexibility index (Phi) is 4.28. The molecule has 0 atom stereocenters. The highest BCUT2D eigenvalue weighted by Crippen LogP contribution is 2.27. The number of aromatic nitrogens is 3. The molecule has 0 radical (unpaired) electrons. The Morgan fingerprint density at radius 2 is 2.00 bits per heavy atom. The minimum atomic E-state index is 0.626. The van der Waals surface area contributed by atoms with E-state index in [0.717, 1.165) is 17.9 Å². The molecule has 4 aromatic rings. The van der Waals surface area contributed by atoms with E-state index in [-0.39, 0.29) is 0 Å². The first kappa shape index (κ1) is 15.3. The van der Waals surface area contributed by atoms with Crippen LogP contribution in [0, 0.1) is 0 Å². The van der Waals surface area contributed by atoms with Crippen LogP contribution in [0.5, 0.6) is 0 Å². The Morgan fingerprint density at radius 3 is 2.88 bits per heavy atom. The zero-order valence-corrected chi connectivity index (χ0v) is 14.3. The SMILES string of the molecule is Clc1ccc2nc(SCc3nccn3Cc3ccccc3)oc2c1. The van der Waals surface area contributed by atoms with Crippen molar-refractivity contribution < 1.29 is 4.42 Å². The van der Waals surface area contributed by atoms with Crippen LogP contribution in [0.2, 0.25) is 5.02 Å². The van der Waals surface area contributed by atoms with Crippen LogP contribution in [0.3, 0.4) is 0 Å². The molecule has 0 aliphatic rings. The van der Waals surface area contributed by atoms with E-state index in [1.807, 2.05) is 42.7 Å². The first-order chi connectivity index (χ1) is 11.8. The predicted molar refractivity (Wildman–Crippen MR) is 96.4 cm³/mol. The van der Waals surface area contributed by atoms with Gasteiger partial charge in [0.05, 0.1) is 5.75 Å². The average Bonchev–Trinajstić information content (AvgIpc) is 3.19. The molecular formula is C18H14ClN3OS. The molecule has 2 aromatic carbocycles. The van der Waals surface area contributed by atoms with E-state index >= 15 is 0 Å². The quantitative estimate of drug-likeness (QED) is 0.471. The van der Waals surface area contributed by atoms with Gasteiger partial charge in [-0.2, -0.15) is 0 Å². The van der Waals surface area contributed by atoms with E-state index in [1.54, 1.807) is 6.07 Å². The van der Waals surface area contributed by atoms with Gasteiger partial charge in [-0.3, -0.25) is 0 Å². The summed E-state index contributed by atoms with van der Waals surface area (Å²) < 4.78 is 7.88. The fraction of sp³-hybridized carbons (Fsp3) is 0.111. The minimum Gasteiger partial charge on any atom is -0.431 e. The van der Waals surface area contributed by atoms with Crippen molar-refractivity contribution in [2.75, 3.05) is 0 Å². The molecule has 24 heavy (non-hydrogen) atoms. The normalized spacial score (nSPS) is 11.2.